The van der Waals surface area contributed by atoms with Gasteiger partial charge in [0.25, 0.3) is 5.69 Å². The minimum Gasteiger partial charge on any atom is -0.258 e. The summed E-state index contributed by atoms with van der Waals surface area (Å²) < 4.78 is 2.03. The molecule has 0 spiro atoms. The van der Waals surface area contributed by atoms with Gasteiger partial charge in [-0.3, -0.25) is 10.1 Å². The summed E-state index contributed by atoms with van der Waals surface area (Å²) in [6.07, 6.45) is 2.03. The van der Waals surface area contributed by atoms with Gasteiger partial charge in [-0.1, -0.05) is 11.3 Å². The molecule has 82 valence electrons. The molecule has 0 saturated carbocycles. The summed E-state index contributed by atoms with van der Waals surface area (Å²) >= 11 is 1.70. The van der Waals surface area contributed by atoms with Gasteiger partial charge in [0.05, 0.1) is 9.80 Å². The maximum Gasteiger partial charge on any atom is 0.269 e. The molecule has 0 N–H and O–H groups in total. The predicted octanol–water partition coefficient (Wildman–Crippen LogP) is 2.55. The molecule has 0 fully saturated rings. The topological polar surface area (TPSA) is 47.0 Å². The number of hydrogen-bond donors (Lipinski definition) is 0. The van der Waals surface area contributed by atoms with Crippen molar-refractivity contribution >= 4 is 17.0 Å². The number of aromatic nitrogens is 1. The van der Waals surface area contributed by atoms with Crippen LogP contribution >= 0.6 is 11.3 Å². The Labute approximate surface area is 96.9 Å². The summed E-state index contributed by atoms with van der Waals surface area (Å²) in [6, 6.07) is 6.57. The zero-order valence-electron chi connectivity index (χ0n) is 9.01. The minimum atomic E-state index is -0.389. The second kappa shape index (κ2) is 4.02. The van der Waals surface area contributed by atoms with E-state index in [1.54, 1.807) is 23.5 Å². The average molecular weight is 235 g/mol. The van der Waals surface area contributed by atoms with E-state index in [4.69, 9.17) is 0 Å². The van der Waals surface area contributed by atoms with Crippen LogP contribution < -0.4 is 4.57 Å². The van der Waals surface area contributed by atoms with E-state index in [1.807, 2.05) is 24.6 Å². The number of aryl methyl sites for hydroxylation is 2. The van der Waals surface area contributed by atoms with Gasteiger partial charge in [-0.2, -0.15) is 4.57 Å². The van der Waals surface area contributed by atoms with Crippen LogP contribution in [-0.4, -0.2) is 4.92 Å². The number of thiazole rings is 1. The van der Waals surface area contributed by atoms with E-state index in [0.717, 1.165) is 10.7 Å². The zero-order chi connectivity index (χ0) is 11.7. The summed E-state index contributed by atoms with van der Waals surface area (Å²) in [5.41, 5.74) is 1.07. The monoisotopic (exact) mass is 235 g/mol. The molecule has 0 radical (unpaired) electrons. The highest BCUT2D eigenvalue weighted by Gasteiger charge is 2.15. The molecule has 2 aromatic rings. The van der Waals surface area contributed by atoms with Crippen LogP contribution in [-0.2, 0) is 0 Å². The van der Waals surface area contributed by atoms with Gasteiger partial charge in [0.2, 0.25) is 10.7 Å². The minimum absolute atomic E-state index is 0.119. The van der Waals surface area contributed by atoms with Crippen molar-refractivity contribution in [1.29, 1.82) is 0 Å². The highest BCUT2D eigenvalue weighted by molar-refractivity contribution is 7.11. The number of nitrogens with zero attached hydrogens (tertiary/aromatic N) is 2. The van der Waals surface area contributed by atoms with Gasteiger partial charge in [0, 0.05) is 31.2 Å². The number of nitro groups is 1. The maximum absolute atomic E-state index is 10.5. The molecular weight excluding hydrogens is 224 g/mol. The number of hydrogen-bond acceptors (Lipinski definition) is 3. The SMILES string of the molecule is Cc1c[n+](-c2ccc([N+](=O)[O-])cc2)c(C)s1. The molecule has 0 atom stereocenters. The fraction of sp³-hybridized carbons (Fsp3) is 0.182. The van der Waals surface area contributed by atoms with Crippen molar-refractivity contribution in [3.8, 4) is 5.69 Å². The molecule has 0 aliphatic heterocycles. The van der Waals surface area contributed by atoms with Gasteiger partial charge in [-0.15, -0.1) is 0 Å². The number of rotatable bonds is 2. The lowest BCUT2D eigenvalue weighted by Crippen LogP contribution is -2.30. The molecule has 2 rings (SSSR count). The zero-order valence-corrected chi connectivity index (χ0v) is 9.82. The summed E-state index contributed by atoms with van der Waals surface area (Å²) in [4.78, 5) is 11.4. The Balaban J connectivity index is 2.42. The Bertz CT molecular complexity index is 531. The first-order valence-electron chi connectivity index (χ1n) is 4.81. The van der Waals surface area contributed by atoms with Crippen molar-refractivity contribution in [2.75, 3.05) is 0 Å². The van der Waals surface area contributed by atoms with Crippen molar-refractivity contribution in [2.45, 2.75) is 13.8 Å². The van der Waals surface area contributed by atoms with Crippen LogP contribution in [0, 0.1) is 24.0 Å². The second-order valence-electron chi connectivity index (χ2n) is 3.50. The highest BCUT2D eigenvalue weighted by Crippen LogP contribution is 2.15. The molecule has 0 unspecified atom stereocenters. The normalized spacial score (nSPS) is 10.4. The van der Waals surface area contributed by atoms with Crippen LogP contribution in [0.15, 0.2) is 30.5 Å². The smallest absolute Gasteiger partial charge is 0.258 e. The average Bonchev–Trinajstić information content (AvgIpc) is 2.58. The molecule has 0 saturated heterocycles. The van der Waals surface area contributed by atoms with Crippen molar-refractivity contribution in [3.63, 3.8) is 0 Å². The third-order valence-corrected chi connectivity index (χ3v) is 3.22. The van der Waals surface area contributed by atoms with E-state index < -0.39 is 0 Å². The first-order chi connectivity index (χ1) is 7.58. The standard InChI is InChI=1S/C11H11N2O2S/c1-8-7-12(9(2)16-8)10-3-5-11(6-4-10)13(14)15/h3-7H,1-2H3/q+1. The van der Waals surface area contributed by atoms with Gasteiger partial charge in [0.1, 0.15) is 0 Å². The molecule has 0 aliphatic carbocycles. The van der Waals surface area contributed by atoms with Gasteiger partial charge in [-0.05, 0) is 6.92 Å². The van der Waals surface area contributed by atoms with E-state index in [0.29, 0.717) is 0 Å². The molecular formula is C11H11N2O2S+. The van der Waals surface area contributed by atoms with Crippen LogP contribution in [0.4, 0.5) is 5.69 Å². The third-order valence-electron chi connectivity index (χ3n) is 2.30. The maximum atomic E-state index is 10.5. The van der Waals surface area contributed by atoms with E-state index in [2.05, 4.69) is 0 Å². The molecule has 0 bridgehead atoms. The Morgan fingerprint density at radius 2 is 1.88 bits per heavy atom. The Kier molecular flexibility index (Phi) is 2.70. The molecule has 0 aliphatic rings. The predicted molar refractivity (Wildman–Crippen MR) is 62.0 cm³/mol. The first-order valence-corrected chi connectivity index (χ1v) is 5.63. The van der Waals surface area contributed by atoms with Gasteiger partial charge in [0.15, 0.2) is 6.20 Å². The van der Waals surface area contributed by atoms with E-state index in [-0.39, 0.29) is 10.6 Å². The van der Waals surface area contributed by atoms with Gasteiger partial charge >= 0.3 is 0 Å². The van der Waals surface area contributed by atoms with Crippen LogP contribution in [0.2, 0.25) is 0 Å². The van der Waals surface area contributed by atoms with E-state index >= 15 is 0 Å². The summed E-state index contributed by atoms with van der Waals surface area (Å²) in [7, 11) is 0. The van der Waals surface area contributed by atoms with Gasteiger partial charge in [-0.25, -0.2) is 0 Å². The first kappa shape index (κ1) is 10.8. The summed E-state index contributed by atoms with van der Waals surface area (Å²) in [6.45, 7) is 4.07. The molecule has 1 aromatic carbocycles. The number of nitro benzene ring substituents is 1. The number of non-ortho nitro benzene ring substituents is 1. The third kappa shape index (κ3) is 1.94. The second-order valence-corrected chi connectivity index (χ2v) is 4.94. The van der Waals surface area contributed by atoms with Crippen LogP contribution in [0.3, 0.4) is 0 Å². The molecule has 16 heavy (non-hydrogen) atoms. The van der Waals surface area contributed by atoms with Crippen molar-refractivity contribution in [1.82, 2.24) is 0 Å². The van der Waals surface area contributed by atoms with Crippen molar-refractivity contribution in [3.05, 3.63) is 50.5 Å². The van der Waals surface area contributed by atoms with Gasteiger partial charge < -0.3 is 0 Å². The van der Waals surface area contributed by atoms with E-state index in [1.165, 1.54) is 17.0 Å². The molecule has 5 heteroatoms. The largest absolute Gasteiger partial charge is 0.269 e. The fourth-order valence-electron chi connectivity index (χ4n) is 1.57. The Morgan fingerprint density at radius 1 is 1.25 bits per heavy atom. The quantitative estimate of drug-likeness (QED) is 0.456. The highest BCUT2D eigenvalue weighted by atomic mass is 32.1. The number of benzene rings is 1. The molecule has 1 heterocycles. The van der Waals surface area contributed by atoms with E-state index in [9.17, 15) is 10.1 Å². The van der Waals surface area contributed by atoms with Crippen LogP contribution in [0.1, 0.15) is 9.88 Å². The Morgan fingerprint density at radius 3 is 2.31 bits per heavy atom. The lowest BCUT2D eigenvalue weighted by atomic mass is 10.3. The van der Waals surface area contributed by atoms with Crippen molar-refractivity contribution in [2.24, 2.45) is 0 Å². The van der Waals surface area contributed by atoms with Crippen LogP contribution in [0.25, 0.3) is 5.69 Å². The summed E-state index contributed by atoms with van der Waals surface area (Å²) in [5, 5.41) is 11.7. The fourth-order valence-corrected chi connectivity index (χ4v) is 2.45. The van der Waals surface area contributed by atoms with Crippen molar-refractivity contribution < 1.29 is 9.49 Å². The molecule has 4 nitrogen and oxygen atoms in total. The molecule has 0 amide bonds. The lowest BCUT2D eigenvalue weighted by Gasteiger charge is -1.93. The Hall–Kier alpha value is -1.75. The molecule has 1 aromatic heterocycles. The summed E-state index contributed by atoms with van der Waals surface area (Å²) in [5.74, 6) is 0. The van der Waals surface area contributed by atoms with Crippen LogP contribution in [0.5, 0.6) is 0 Å². The lowest BCUT2D eigenvalue weighted by molar-refractivity contribution is -0.597.